The van der Waals surface area contributed by atoms with Crippen molar-refractivity contribution in [2.75, 3.05) is 18.5 Å². The van der Waals surface area contributed by atoms with Gasteiger partial charge in [-0.15, -0.1) is 0 Å². The number of anilines is 2. The van der Waals surface area contributed by atoms with Gasteiger partial charge in [-0.1, -0.05) is 12.1 Å². The third-order valence-electron chi connectivity index (χ3n) is 4.80. The summed E-state index contributed by atoms with van der Waals surface area (Å²) in [5.41, 5.74) is 3.23. The van der Waals surface area contributed by atoms with E-state index in [-0.39, 0.29) is 0 Å². The number of aromatic nitrogens is 2. The molecule has 1 aromatic carbocycles. The normalized spacial score (nSPS) is 14.7. The summed E-state index contributed by atoms with van der Waals surface area (Å²) in [6.45, 7) is 3.63. The summed E-state index contributed by atoms with van der Waals surface area (Å²) in [6, 6.07) is 15.9. The summed E-state index contributed by atoms with van der Waals surface area (Å²) in [6.07, 6.45) is 5.58. The Morgan fingerprint density at radius 3 is 2.48 bits per heavy atom. The molecule has 3 aromatic rings. The maximum Gasteiger partial charge on any atom is 0.222 e. The Hall–Kier alpha value is -2.92. The van der Waals surface area contributed by atoms with Crippen molar-refractivity contribution < 1.29 is 9.47 Å². The van der Waals surface area contributed by atoms with Crippen molar-refractivity contribution in [2.24, 2.45) is 0 Å². The summed E-state index contributed by atoms with van der Waals surface area (Å²) < 4.78 is 11.6. The lowest BCUT2D eigenvalue weighted by Crippen LogP contribution is -2.15. The Bertz CT molecular complexity index is 890. The second-order valence-corrected chi connectivity index (χ2v) is 6.70. The quantitative estimate of drug-likeness (QED) is 0.675. The highest BCUT2D eigenvalue weighted by atomic mass is 16.5. The molecule has 4 rings (SSSR count). The minimum absolute atomic E-state index is 0.440. The molecule has 0 bridgehead atoms. The van der Waals surface area contributed by atoms with Gasteiger partial charge in [0.1, 0.15) is 11.6 Å². The van der Waals surface area contributed by atoms with Gasteiger partial charge in [-0.2, -0.15) is 0 Å². The van der Waals surface area contributed by atoms with Crippen LogP contribution in [0.5, 0.6) is 11.6 Å². The van der Waals surface area contributed by atoms with Crippen LogP contribution in [0.25, 0.3) is 0 Å². The van der Waals surface area contributed by atoms with Gasteiger partial charge in [-0.25, -0.2) is 9.97 Å². The molecule has 1 aliphatic heterocycles. The number of hydrogen-bond donors (Lipinski definition) is 1. The van der Waals surface area contributed by atoms with Crippen molar-refractivity contribution in [3.8, 4) is 11.6 Å². The van der Waals surface area contributed by atoms with Gasteiger partial charge in [0.05, 0.1) is 0 Å². The molecule has 138 valence electrons. The van der Waals surface area contributed by atoms with Crippen LogP contribution in [0.2, 0.25) is 0 Å². The van der Waals surface area contributed by atoms with Gasteiger partial charge >= 0.3 is 0 Å². The zero-order valence-corrected chi connectivity index (χ0v) is 15.4. The maximum absolute atomic E-state index is 6.10. The summed E-state index contributed by atoms with van der Waals surface area (Å²) in [4.78, 5) is 8.83. The van der Waals surface area contributed by atoms with E-state index in [0.29, 0.717) is 11.8 Å². The summed E-state index contributed by atoms with van der Waals surface area (Å²) in [5, 5.41) is 3.33. The van der Waals surface area contributed by atoms with Gasteiger partial charge in [0.25, 0.3) is 0 Å². The largest absolute Gasteiger partial charge is 0.439 e. The number of nitrogens with one attached hydrogen (secondary N) is 1. The molecule has 5 nitrogen and oxygen atoms in total. The molecule has 1 aliphatic rings. The van der Waals surface area contributed by atoms with Crippen LogP contribution in [-0.4, -0.2) is 23.2 Å². The van der Waals surface area contributed by atoms with Gasteiger partial charge in [0.2, 0.25) is 5.88 Å². The fourth-order valence-electron chi connectivity index (χ4n) is 3.28. The molecule has 1 N–H and O–H groups in total. The number of aryl methyl sites for hydroxylation is 1. The number of benzene rings is 1. The molecule has 5 heteroatoms. The Morgan fingerprint density at radius 2 is 1.70 bits per heavy atom. The smallest absolute Gasteiger partial charge is 0.222 e. The number of hydrogen-bond acceptors (Lipinski definition) is 5. The molecule has 0 saturated carbocycles. The molecular formula is C22H23N3O2. The highest BCUT2D eigenvalue weighted by molar-refractivity contribution is 5.59. The fourth-order valence-corrected chi connectivity index (χ4v) is 3.28. The molecule has 0 spiro atoms. The van der Waals surface area contributed by atoms with Crippen LogP contribution >= 0.6 is 0 Å². The molecule has 1 fully saturated rings. The zero-order valence-electron chi connectivity index (χ0n) is 15.4. The zero-order chi connectivity index (χ0) is 18.5. The van der Waals surface area contributed by atoms with E-state index in [2.05, 4.69) is 21.4 Å². The molecular weight excluding hydrogens is 338 g/mol. The van der Waals surface area contributed by atoms with E-state index in [1.54, 1.807) is 12.4 Å². The first-order valence-electron chi connectivity index (χ1n) is 9.29. The third-order valence-corrected chi connectivity index (χ3v) is 4.80. The van der Waals surface area contributed by atoms with E-state index in [0.717, 1.165) is 54.4 Å². The minimum Gasteiger partial charge on any atom is -0.439 e. The molecule has 0 atom stereocenters. The van der Waals surface area contributed by atoms with Crippen molar-refractivity contribution in [3.63, 3.8) is 0 Å². The van der Waals surface area contributed by atoms with Crippen LogP contribution in [0.3, 0.4) is 0 Å². The fraction of sp³-hybridized carbons (Fsp3) is 0.273. The number of pyridine rings is 2. The molecule has 0 radical (unpaired) electrons. The van der Waals surface area contributed by atoms with Crippen LogP contribution in [-0.2, 0) is 4.74 Å². The van der Waals surface area contributed by atoms with E-state index < -0.39 is 0 Å². The van der Waals surface area contributed by atoms with Crippen molar-refractivity contribution >= 4 is 11.5 Å². The lowest BCUT2D eigenvalue weighted by molar-refractivity contribution is 0.0848. The Labute approximate surface area is 159 Å². The van der Waals surface area contributed by atoms with Crippen molar-refractivity contribution in [1.29, 1.82) is 0 Å². The van der Waals surface area contributed by atoms with Gasteiger partial charge in [-0.05, 0) is 67.6 Å². The molecule has 0 amide bonds. The summed E-state index contributed by atoms with van der Waals surface area (Å²) in [5.74, 6) is 2.75. The van der Waals surface area contributed by atoms with E-state index in [1.165, 1.54) is 0 Å². The average molecular weight is 361 g/mol. The molecule has 0 aliphatic carbocycles. The summed E-state index contributed by atoms with van der Waals surface area (Å²) in [7, 11) is 0. The topological polar surface area (TPSA) is 56.3 Å². The Kier molecular flexibility index (Phi) is 5.30. The van der Waals surface area contributed by atoms with E-state index >= 15 is 0 Å². The Balaban J connectivity index is 1.48. The van der Waals surface area contributed by atoms with Crippen molar-refractivity contribution in [1.82, 2.24) is 9.97 Å². The molecule has 2 aromatic heterocycles. The molecule has 1 saturated heterocycles. The average Bonchev–Trinajstić information content (AvgIpc) is 2.72. The maximum atomic E-state index is 6.10. The number of ether oxygens (including phenoxy) is 2. The first-order chi connectivity index (χ1) is 13.3. The first-order valence-corrected chi connectivity index (χ1v) is 9.29. The van der Waals surface area contributed by atoms with Crippen molar-refractivity contribution in [2.45, 2.75) is 25.7 Å². The predicted molar refractivity (Wildman–Crippen MR) is 106 cm³/mol. The molecule has 0 unspecified atom stereocenters. The van der Waals surface area contributed by atoms with E-state index in [4.69, 9.17) is 9.47 Å². The van der Waals surface area contributed by atoms with E-state index in [9.17, 15) is 0 Å². The Morgan fingerprint density at radius 1 is 0.963 bits per heavy atom. The standard InChI is InChI=1S/C22H23N3O2/c1-16-4-2-12-23-21(16)25-18-6-8-19(9-7-18)27-22-20(5-3-13-24-22)17-10-14-26-15-11-17/h2-9,12-13,17H,10-11,14-15H2,1H3,(H,23,25). The second kappa shape index (κ2) is 8.18. The van der Waals surface area contributed by atoms with Crippen LogP contribution in [0, 0.1) is 6.92 Å². The highest BCUT2D eigenvalue weighted by Gasteiger charge is 2.20. The first kappa shape index (κ1) is 17.5. The van der Waals surface area contributed by atoms with E-state index in [1.807, 2.05) is 49.4 Å². The SMILES string of the molecule is Cc1cccnc1Nc1ccc(Oc2ncccc2C2CCOCC2)cc1. The number of rotatable bonds is 5. The van der Waals surface area contributed by atoms with Crippen LogP contribution in [0.4, 0.5) is 11.5 Å². The van der Waals surface area contributed by atoms with Crippen LogP contribution in [0.1, 0.15) is 29.9 Å². The molecule has 27 heavy (non-hydrogen) atoms. The van der Waals surface area contributed by atoms with Crippen molar-refractivity contribution in [3.05, 3.63) is 72.1 Å². The van der Waals surface area contributed by atoms with Gasteiger partial charge in [0, 0.05) is 36.9 Å². The highest BCUT2D eigenvalue weighted by Crippen LogP contribution is 2.34. The monoisotopic (exact) mass is 361 g/mol. The van der Waals surface area contributed by atoms with Crippen LogP contribution < -0.4 is 10.1 Å². The second-order valence-electron chi connectivity index (χ2n) is 6.70. The predicted octanol–water partition coefficient (Wildman–Crippen LogP) is 5.21. The third kappa shape index (κ3) is 4.26. The summed E-state index contributed by atoms with van der Waals surface area (Å²) >= 11 is 0. The number of nitrogens with zero attached hydrogens (tertiary/aromatic N) is 2. The lowest BCUT2D eigenvalue weighted by Gasteiger charge is -2.23. The van der Waals surface area contributed by atoms with Gasteiger partial charge in [0.15, 0.2) is 0 Å². The molecule has 3 heterocycles. The lowest BCUT2D eigenvalue weighted by atomic mass is 9.92. The van der Waals surface area contributed by atoms with Gasteiger partial charge in [-0.3, -0.25) is 0 Å². The minimum atomic E-state index is 0.440. The van der Waals surface area contributed by atoms with Gasteiger partial charge < -0.3 is 14.8 Å². The van der Waals surface area contributed by atoms with Crippen LogP contribution in [0.15, 0.2) is 60.9 Å².